The Labute approximate surface area is 190 Å². The van der Waals surface area contributed by atoms with Gasteiger partial charge in [0, 0.05) is 22.9 Å². The molecule has 0 fully saturated rings. The number of carbonyl (C=O) groups excluding carboxylic acids is 1. The van der Waals surface area contributed by atoms with Gasteiger partial charge >= 0.3 is 0 Å². The largest absolute Gasteiger partial charge is 0.489 e. The molecule has 0 unspecified atom stereocenters. The highest BCUT2D eigenvalue weighted by Gasteiger charge is 2.14. The van der Waals surface area contributed by atoms with Gasteiger partial charge in [-0.3, -0.25) is 9.48 Å². The summed E-state index contributed by atoms with van der Waals surface area (Å²) >= 11 is 1.36. The summed E-state index contributed by atoms with van der Waals surface area (Å²) in [5.74, 6) is 0.763. The minimum atomic E-state index is -0.276. The van der Waals surface area contributed by atoms with Crippen LogP contribution in [-0.2, 0) is 13.2 Å². The van der Waals surface area contributed by atoms with Gasteiger partial charge in [-0.15, -0.1) is 11.3 Å². The predicted octanol–water partition coefficient (Wildman–Crippen LogP) is 5.89. The van der Waals surface area contributed by atoms with Gasteiger partial charge in [0.05, 0.1) is 11.4 Å². The number of amides is 1. The minimum absolute atomic E-state index is 0.233. The third-order valence-electron chi connectivity index (χ3n) is 5.10. The molecule has 0 radical (unpaired) electrons. The Morgan fingerprint density at radius 2 is 1.94 bits per heavy atom. The first-order chi connectivity index (χ1) is 15.4. The van der Waals surface area contributed by atoms with E-state index >= 15 is 0 Å². The number of rotatable bonds is 7. The summed E-state index contributed by atoms with van der Waals surface area (Å²) in [6.45, 7) is 6.63. The smallest absolute Gasteiger partial charge is 0.266 e. The van der Waals surface area contributed by atoms with Crippen molar-refractivity contribution >= 4 is 23.1 Å². The van der Waals surface area contributed by atoms with Crippen molar-refractivity contribution in [1.82, 2.24) is 9.78 Å². The van der Waals surface area contributed by atoms with Crippen molar-refractivity contribution in [3.8, 4) is 5.75 Å². The summed E-state index contributed by atoms with van der Waals surface area (Å²) in [5, 5.41) is 9.15. The van der Waals surface area contributed by atoms with Crippen molar-refractivity contribution in [3.63, 3.8) is 0 Å². The number of halogens is 1. The fourth-order valence-corrected chi connectivity index (χ4v) is 4.18. The molecule has 164 valence electrons. The van der Waals surface area contributed by atoms with Crippen LogP contribution in [0.25, 0.3) is 0 Å². The Hall–Kier alpha value is -3.45. The van der Waals surface area contributed by atoms with Crippen molar-refractivity contribution in [1.29, 1.82) is 0 Å². The Balaban J connectivity index is 1.38. The standard InChI is InChI=1S/C25H24FN3O2S/c1-16-8-9-22(17(2)10-16)31-14-19-12-23(32-15-19)25(30)27-24-11-18(3)29(28-24)13-20-6-4-5-7-21(20)26/h4-12,15H,13-14H2,1-3H3,(H,27,28,30). The molecule has 2 heterocycles. The van der Waals surface area contributed by atoms with Gasteiger partial charge < -0.3 is 10.1 Å². The molecule has 5 nitrogen and oxygen atoms in total. The molecule has 0 bridgehead atoms. The fraction of sp³-hybridized carbons (Fsp3) is 0.200. The average Bonchev–Trinajstić information content (AvgIpc) is 3.36. The van der Waals surface area contributed by atoms with Crippen LogP contribution in [0.15, 0.2) is 60.0 Å². The van der Waals surface area contributed by atoms with Crippen LogP contribution >= 0.6 is 11.3 Å². The van der Waals surface area contributed by atoms with Gasteiger partial charge in [-0.1, -0.05) is 35.9 Å². The summed E-state index contributed by atoms with van der Waals surface area (Å²) < 4.78 is 21.5. The third-order valence-corrected chi connectivity index (χ3v) is 6.08. The summed E-state index contributed by atoms with van der Waals surface area (Å²) in [7, 11) is 0. The Kier molecular flexibility index (Phi) is 6.37. The molecule has 0 atom stereocenters. The number of nitrogens with zero attached hydrogens (tertiary/aromatic N) is 2. The number of carbonyl (C=O) groups is 1. The molecule has 4 rings (SSSR count). The molecule has 0 aliphatic carbocycles. The van der Waals surface area contributed by atoms with Gasteiger partial charge in [-0.25, -0.2) is 4.39 Å². The number of aromatic nitrogens is 2. The second kappa shape index (κ2) is 9.36. The number of thiophene rings is 1. The van der Waals surface area contributed by atoms with Gasteiger partial charge in [0.25, 0.3) is 5.91 Å². The zero-order valence-electron chi connectivity index (χ0n) is 18.2. The number of aryl methyl sites for hydroxylation is 3. The van der Waals surface area contributed by atoms with E-state index in [1.807, 2.05) is 44.4 Å². The molecule has 2 aromatic carbocycles. The highest BCUT2D eigenvalue weighted by molar-refractivity contribution is 7.12. The van der Waals surface area contributed by atoms with Crippen LogP contribution in [0.3, 0.4) is 0 Å². The monoisotopic (exact) mass is 449 g/mol. The van der Waals surface area contributed by atoms with E-state index in [1.165, 1.54) is 23.0 Å². The normalized spacial score (nSPS) is 10.9. The first-order valence-corrected chi connectivity index (χ1v) is 11.1. The average molecular weight is 450 g/mol. The lowest BCUT2D eigenvalue weighted by molar-refractivity contribution is 0.103. The second-order valence-electron chi connectivity index (χ2n) is 7.75. The van der Waals surface area contributed by atoms with Crippen molar-refractivity contribution in [2.45, 2.75) is 33.9 Å². The van der Waals surface area contributed by atoms with E-state index in [2.05, 4.69) is 16.5 Å². The summed E-state index contributed by atoms with van der Waals surface area (Å²) in [4.78, 5) is 13.3. The number of nitrogens with one attached hydrogen (secondary N) is 1. The Morgan fingerprint density at radius 3 is 2.72 bits per heavy atom. The van der Waals surface area contributed by atoms with E-state index in [1.54, 1.807) is 28.9 Å². The number of anilines is 1. The maximum Gasteiger partial charge on any atom is 0.266 e. The number of ether oxygens (including phenoxy) is 1. The van der Waals surface area contributed by atoms with Crippen LogP contribution < -0.4 is 10.1 Å². The van der Waals surface area contributed by atoms with E-state index in [0.29, 0.717) is 29.4 Å². The lowest BCUT2D eigenvalue weighted by atomic mass is 10.1. The minimum Gasteiger partial charge on any atom is -0.489 e. The topological polar surface area (TPSA) is 56.1 Å². The SMILES string of the molecule is Cc1ccc(OCc2csc(C(=O)Nc3cc(C)n(Cc4ccccc4F)n3)c2)c(C)c1. The molecule has 0 spiro atoms. The molecule has 0 aliphatic rings. The van der Waals surface area contributed by atoms with Crippen LogP contribution in [0.2, 0.25) is 0 Å². The van der Waals surface area contributed by atoms with Crippen molar-refractivity contribution in [3.05, 3.63) is 98.6 Å². The highest BCUT2D eigenvalue weighted by Crippen LogP contribution is 2.23. The van der Waals surface area contributed by atoms with E-state index < -0.39 is 0 Å². The quantitative estimate of drug-likeness (QED) is 0.383. The van der Waals surface area contributed by atoms with Gasteiger partial charge in [-0.05, 0) is 49.9 Å². The molecule has 32 heavy (non-hydrogen) atoms. The summed E-state index contributed by atoms with van der Waals surface area (Å²) in [6, 6.07) is 16.3. The maximum absolute atomic E-state index is 13.9. The Bertz CT molecular complexity index is 1260. The molecule has 0 saturated carbocycles. The van der Waals surface area contributed by atoms with E-state index in [-0.39, 0.29) is 11.7 Å². The first-order valence-electron chi connectivity index (χ1n) is 10.3. The van der Waals surface area contributed by atoms with Crippen molar-refractivity contribution < 1.29 is 13.9 Å². The summed E-state index contributed by atoms with van der Waals surface area (Å²) in [5.41, 5.74) is 4.58. The molecule has 1 amide bonds. The van der Waals surface area contributed by atoms with Crippen LogP contribution in [0.5, 0.6) is 5.75 Å². The van der Waals surface area contributed by atoms with Gasteiger partial charge in [0.2, 0.25) is 0 Å². The maximum atomic E-state index is 13.9. The van der Waals surface area contributed by atoms with Crippen LogP contribution in [0.4, 0.5) is 10.2 Å². The molecule has 0 aliphatic heterocycles. The van der Waals surface area contributed by atoms with Crippen molar-refractivity contribution in [2.24, 2.45) is 0 Å². The number of hydrogen-bond donors (Lipinski definition) is 1. The molecule has 2 aromatic heterocycles. The first kappa shape index (κ1) is 21.8. The second-order valence-corrected chi connectivity index (χ2v) is 8.66. The number of hydrogen-bond acceptors (Lipinski definition) is 4. The van der Waals surface area contributed by atoms with Gasteiger partial charge in [0.15, 0.2) is 5.82 Å². The molecular formula is C25H24FN3O2S. The van der Waals surface area contributed by atoms with Crippen LogP contribution in [0.1, 0.15) is 37.6 Å². The van der Waals surface area contributed by atoms with Gasteiger partial charge in [-0.2, -0.15) is 5.10 Å². The van der Waals surface area contributed by atoms with Gasteiger partial charge in [0.1, 0.15) is 18.2 Å². The molecule has 7 heteroatoms. The van der Waals surface area contributed by atoms with Crippen LogP contribution in [0, 0.1) is 26.6 Å². The molecular weight excluding hydrogens is 425 g/mol. The molecule has 1 N–H and O–H groups in total. The van der Waals surface area contributed by atoms with E-state index in [9.17, 15) is 9.18 Å². The predicted molar refractivity (Wildman–Crippen MR) is 125 cm³/mol. The fourth-order valence-electron chi connectivity index (χ4n) is 3.39. The zero-order chi connectivity index (χ0) is 22.7. The molecule has 0 saturated heterocycles. The number of benzene rings is 2. The lowest BCUT2D eigenvalue weighted by Crippen LogP contribution is -2.12. The van der Waals surface area contributed by atoms with Crippen LogP contribution in [-0.4, -0.2) is 15.7 Å². The van der Waals surface area contributed by atoms with E-state index in [0.717, 1.165) is 22.6 Å². The third kappa shape index (κ3) is 5.06. The van der Waals surface area contributed by atoms with Crippen molar-refractivity contribution in [2.75, 3.05) is 5.32 Å². The lowest BCUT2D eigenvalue weighted by Gasteiger charge is -2.08. The Morgan fingerprint density at radius 1 is 1.12 bits per heavy atom. The zero-order valence-corrected chi connectivity index (χ0v) is 19.0. The summed E-state index contributed by atoms with van der Waals surface area (Å²) in [6.07, 6.45) is 0. The van der Waals surface area contributed by atoms with E-state index in [4.69, 9.17) is 4.74 Å². The molecule has 4 aromatic rings. The highest BCUT2D eigenvalue weighted by atomic mass is 32.1.